The fraction of sp³-hybridized carbons (Fsp3) is 0.348. The van der Waals surface area contributed by atoms with E-state index < -0.39 is 0 Å². The maximum atomic E-state index is 12.1. The van der Waals surface area contributed by atoms with E-state index >= 15 is 0 Å². The second kappa shape index (κ2) is 6.73. The van der Waals surface area contributed by atoms with E-state index in [1.54, 1.807) is 12.4 Å². The molecule has 156 valence electrons. The zero-order valence-corrected chi connectivity index (χ0v) is 17.3. The third-order valence-electron chi connectivity index (χ3n) is 6.64. The molecule has 0 atom stereocenters. The minimum Gasteiger partial charge on any atom is -0.351 e. The number of carbonyl (C=O) groups excluding carboxylic acids is 1. The van der Waals surface area contributed by atoms with Crippen LogP contribution in [0.4, 0.5) is 5.95 Å². The molecule has 1 aromatic carbocycles. The molecule has 0 unspecified atom stereocenters. The van der Waals surface area contributed by atoms with Crippen molar-refractivity contribution in [2.24, 2.45) is 0 Å². The lowest BCUT2D eigenvalue weighted by atomic mass is 9.73. The number of aromatic nitrogens is 5. The highest BCUT2D eigenvalue weighted by Gasteiger charge is 2.48. The number of likely N-dealkylation sites (tertiary alicyclic amines) is 1. The molecule has 31 heavy (non-hydrogen) atoms. The van der Waals surface area contributed by atoms with Gasteiger partial charge in [-0.15, -0.1) is 0 Å². The SMILES string of the molecule is C[C@]1(N2CCCC2=O)C[C@H](Nc2ncc3c(-c4ccc5nccnc5c4)c[nH]c3n2)C1. The topological polar surface area (TPSA) is 99.7 Å². The lowest BCUT2D eigenvalue weighted by Gasteiger charge is -2.51. The van der Waals surface area contributed by atoms with E-state index in [0.717, 1.165) is 59.0 Å². The molecule has 1 aliphatic carbocycles. The molecular weight excluding hydrogens is 390 g/mol. The van der Waals surface area contributed by atoms with Crippen LogP contribution in [-0.2, 0) is 4.79 Å². The fourth-order valence-electron chi connectivity index (χ4n) is 5.07. The van der Waals surface area contributed by atoms with Gasteiger partial charge in [-0.3, -0.25) is 14.8 Å². The Morgan fingerprint density at radius 3 is 2.81 bits per heavy atom. The molecule has 3 aromatic heterocycles. The van der Waals surface area contributed by atoms with E-state index in [1.807, 2.05) is 30.6 Å². The van der Waals surface area contributed by atoms with Gasteiger partial charge in [0, 0.05) is 60.3 Å². The minimum absolute atomic E-state index is 0.0338. The van der Waals surface area contributed by atoms with Gasteiger partial charge in [-0.05, 0) is 43.9 Å². The predicted octanol–water partition coefficient (Wildman–Crippen LogP) is 3.52. The van der Waals surface area contributed by atoms with Gasteiger partial charge in [0.1, 0.15) is 5.65 Å². The quantitative estimate of drug-likeness (QED) is 0.531. The highest BCUT2D eigenvalue weighted by atomic mass is 16.2. The molecule has 4 heterocycles. The monoisotopic (exact) mass is 413 g/mol. The highest BCUT2D eigenvalue weighted by molar-refractivity contribution is 5.95. The summed E-state index contributed by atoms with van der Waals surface area (Å²) in [7, 11) is 0. The van der Waals surface area contributed by atoms with Crippen molar-refractivity contribution in [2.75, 3.05) is 11.9 Å². The summed E-state index contributed by atoms with van der Waals surface area (Å²) in [5.41, 5.74) is 4.58. The number of aromatic amines is 1. The van der Waals surface area contributed by atoms with Crippen molar-refractivity contribution in [1.82, 2.24) is 29.8 Å². The molecule has 1 saturated heterocycles. The Morgan fingerprint density at radius 1 is 1.16 bits per heavy atom. The van der Waals surface area contributed by atoms with Gasteiger partial charge in [0.05, 0.1) is 11.0 Å². The first-order valence-corrected chi connectivity index (χ1v) is 10.7. The minimum atomic E-state index is -0.0338. The average molecular weight is 413 g/mol. The van der Waals surface area contributed by atoms with E-state index in [9.17, 15) is 4.79 Å². The van der Waals surface area contributed by atoms with Crippen LogP contribution in [0.5, 0.6) is 0 Å². The number of H-pyrrole nitrogens is 1. The Balaban J connectivity index is 1.21. The fourth-order valence-corrected chi connectivity index (χ4v) is 5.07. The molecule has 1 aliphatic heterocycles. The Bertz CT molecular complexity index is 1310. The Morgan fingerprint density at radius 2 is 2.00 bits per heavy atom. The number of hydrogen-bond donors (Lipinski definition) is 2. The number of carbonyl (C=O) groups is 1. The number of nitrogens with one attached hydrogen (secondary N) is 2. The normalized spacial score (nSPS) is 23.5. The lowest BCUT2D eigenvalue weighted by molar-refractivity contribution is -0.136. The van der Waals surface area contributed by atoms with Gasteiger partial charge in [0.15, 0.2) is 0 Å². The molecule has 0 bridgehead atoms. The first-order chi connectivity index (χ1) is 15.1. The number of nitrogens with zero attached hydrogens (tertiary/aromatic N) is 5. The van der Waals surface area contributed by atoms with Crippen LogP contribution in [0.15, 0.2) is 43.0 Å². The first-order valence-electron chi connectivity index (χ1n) is 10.7. The summed E-state index contributed by atoms with van der Waals surface area (Å²) in [6, 6.07) is 6.34. The Labute approximate surface area is 179 Å². The second-order valence-electron chi connectivity index (χ2n) is 8.81. The first kappa shape index (κ1) is 18.2. The van der Waals surface area contributed by atoms with E-state index in [4.69, 9.17) is 0 Å². The Kier molecular flexibility index (Phi) is 3.96. The second-order valence-corrected chi connectivity index (χ2v) is 8.81. The Hall–Kier alpha value is -3.55. The number of amides is 1. The molecule has 1 amide bonds. The van der Waals surface area contributed by atoms with Crippen LogP contribution in [0.3, 0.4) is 0 Å². The van der Waals surface area contributed by atoms with Gasteiger partial charge >= 0.3 is 0 Å². The molecule has 2 N–H and O–H groups in total. The molecular formula is C23H23N7O. The van der Waals surface area contributed by atoms with E-state index in [0.29, 0.717) is 12.4 Å². The summed E-state index contributed by atoms with van der Waals surface area (Å²) in [5, 5.41) is 4.41. The maximum Gasteiger partial charge on any atom is 0.224 e. The largest absolute Gasteiger partial charge is 0.351 e. The number of benzene rings is 1. The summed E-state index contributed by atoms with van der Waals surface area (Å²) in [4.78, 5) is 35.4. The van der Waals surface area contributed by atoms with Gasteiger partial charge in [0.2, 0.25) is 11.9 Å². The molecule has 4 aromatic rings. The number of fused-ring (bicyclic) bond motifs is 2. The predicted molar refractivity (Wildman–Crippen MR) is 118 cm³/mol. The summed E-state index contributed by atoms with van der Waals surface area (Å²) >= 11 is 0. The van der Waals surface area contributed by atoms with Gasteiger partial charge < -0.3 is 15.2 Å². The van der Waals surface area contributed by atoms with Crippen LogP contribution in [0.25, 0.3) is 33.2 Å². The lowest BCUT2D eigenvalue weighted by Crippen LogP contribution is -2.59. The van der Waals surface area contributed by atoms with E-state index in [-0.39, 0.29) is 17.5 Å². The standard InChI is InChI=1S/C23H23N7O/c1-23(30-8-2-3-20(30)31)10-15(11-23)28-22-27-13-17-16(12-26-21(17)29-22)14-4-5-18-19(9-14)25-7-6-24-18/h4-7,9,12-13,15H,2-3,8,10-11H2,1H3,(H2,26,27,28,29)/t15-,23-. The summed E-state index contributed by atoms with van der Waals surface area (Å²) < 4.78 is 0. The summed E-state index contributed by atoms with van der Waals surface area (Å²) in [6.45, 7) is 3.07. The van der Waals surface area contributed by atoms with Crippen molar-refractivity contribution in [3.63, 3.8) is 0 Å². The van der Waals surface area contributed by atoms with Crippen LogP contribution >= 0.6 is 0 Å². The number of anilines is 1. The highest BCUT2D eigenvalue weighted by Crippen LogP contribution is 2.41. The van der Waals surface area contributed by atoms with Crippen LogP contribution < -0.4 is 5.32 Å². The van der Waals surface area contributed by atoms with Crippen molar-refractivity contribution < 1.29 is 4.79 Å². The zero-order valence-electron chi connectivity index (χ0n) is 17.3. The summed E-state index contributed by atoms with van der Waals surface area (Å²) in [6.07, 6.45) is 10.7. The van der Waals surface area contributed by atoms with Gasteiger partial charge in [-0.2, -0.15) is 4.98 Å². The van der Waals surface area contributed by atoms with Crippen LogP contribution in [0, 0.1) is 0 Å². The van der Waals surface area contributed by atoms with Gasteiger partial charge in [-0.25, -0.2) is 4.98 Å². The van der Waals surface area contributed by atoms with Crippen molar-refractivity contribution >= 4 is 33.9 Å². The van der Waals surface area contributed by atoms with Crippen molar-refractivity contribution in [3.8, 4) is 11.1 Å². The molecule has 8 nitrogen and oxygen atoms in total. The molecule has 6 rings (SSSR count). The molecule has 2 fully saturated rings. The van der Waals surface area contributed by atoms with Crippen molar-refractivity contribution in [3.05, 3.63) is 43.0 Å². The van der Waals surface area contributed by atoms with Crippen LogP contribution in [-0.4, -0.2) is 53.9 Å². The molecule has 1 saturated carbocycles. The van der Waals surface area contributed by atoms with Crippen molar-refractivity contribution in [1.29, 1.82) is 0 Å². The van der Waals surface area contributed by atoms with E-state index in [2.05, 4.69) is 42.1 Å². The molecule has 0 radical (unpaired) electrons. The third kappa shape index (κ3) is 3.01. The molecule has 0 spiro atoms. The molecule has 8 heteroatoms. The number of rotatable bonds is 4. The number of hydrogen-bond acceptors (Lipinski definition) is 6. The zero-order chi connectivity index (χ0) is 21.0. The molecule has 2 aliphatic rings. The van der Waals surface area contributed by atoms with Crippen LogP contribution in [0.1, 0.15) is 32.6 Å². The summed E-state index contributed by atoms with van der Waals surface area (Å²) in [5.74, 6) is 0.905. The smallest absolute Gasteiger partial charge is 0.224 e. The van der Waals surface area contributed by atoms with Gasteiger partial charge in [0.25, 0.3) is 0 Å². The van der Waals surface area contributed by atoms with Gasteiger partial charge in [-0.1, -0.05) is 6.07 Å². The van der Waals surface area contributed by atoms with Crippen molar-refractivity contribution in [2.45, 2.75) is 44.2 Å². The third-order valence-corrected chi connectivity index (χ3v) is 6.64. The maximum absolute atomic E-state index is 12.1. The van der Waals surface area contributed by atoms with Crippen LogP contribution in [0.2, 0.25) is 0 Å². The van der Waals surface area contributed by atoms with E-state index in [1.165, 1.54) is 0 Å². The average Bonchev–Trinajstić information content (AvgIpc) is 3.38.